The van der Waals surface area contributed by atoms with E-state index in [0.29, 0.717) is 0 Å². The summed E-state index contributed by atoms with van der Waals surface area (Å²) in [5.41, 5.74) is 11.3. The van der Waals surface area contributed by atoms with E-state index in [2.05, 4.69) is 74.3 Å². The summed E-state index contributed by atoms with van der Waals surface area (Å²) in [4.78, 5) is 2.16. The molecule has 1 atom stereocenters. The molecule has 2 heteroatoms. The Labute approximate surface area is 115 Å². The number of hydrogen-bond acceptors (Lipinski definition) is 2. The van der Waals surface area contributed by atoms with Gasteiger partial charge in [-0.25, -0.2) is 0 Å². The molecular weight excluding hydrogens is 232 g/mol. The third kappa shape index (κ3) is 3.66. The van der Waals surface area contributed by atoms with Crippen LogP contribution in [0.2, 0.25) is 0 Å². The smallest absolute Gasteiger partial charge is 0.0835 e. The van der Waals surface area contributed by atoms with Crippen molar-refractivity contribution in [3.05, 3.63) is 70.8 Å². The second-order valence-corrected chi connectivity index (χ2v) is 5.26. The van der Waals surface area contributed by atoms with Gasteiger partial charge < -0.3 is 5.73 Å². The number of aryl methyl sites for hydroxylation is 2. The molecule has 0 aliphatic rings. The van der Waals surface area contributed by atoms with Crippen molar-refractivity contribution in [1.82, 2.24) is 4.90 Å². The van der Waals surface area contributed by atoms with Gasteiger partial charge >= 0.3 is 0 Å². The zero-order valence-electron chi connectivity index (χ0n) is 11.9. The topological polar surface area (TPSA) is 29.3 Å². The van der Waals surface area contributed by atoms with Gasteiger partial charge in [-0.15, -0.1) is 0 Å². The molecule has 0 radical (unpaired) electrons. The molecule has 2 rings (SSSR count). The first-order chi connectivity index (χ1) is 9.06. The van der Waals surface area contributed by atoms with Crippen LogP contribution < -0.4 is 5.73 Å². The van der Waals surface area contributed by atoms with E-state index in [1.807, 2.05) is 0 Å². The summed E-state index contributed by atoms with van der Waals surface area (Å²) in [5, 5.41) is 0. The summed E-state index contributed by atoms with van der Waals surface area (Å²) >= 11 is 0. The van der Waals surface area contributed by atoms with Crippen LogP contribution >= 0.6 is 0 Å². The van der Waals surface area contributed by atoms with Gasteiger partial charge in [0.05, 0.1) is 6.17 Å². The number of hydrogen-bond donors (Lipinski definition) is 1. The lowest BCUT2D eigenvalue weighted by molar-refractivity contribution is 0.242. The molecule has 0 heterocycles. The maximum atomic E-state index is 6.29. The molecule has 2 aromatic rings. The van der Waals surface area contributed by atoms with Crippen LogP contribution in [0.5, 0.6) is 0 Å². The highest BCUT2D eigenvalue weighted by Crippen LogP contribution is 2.17. The number of nitrogens with zero attached hydrogens (tertiary/aromatic N) is 1. The van der Waals surface area contributed by atoms with Crippen molar-refractivity contribution in [3.8, 4) is 0 Å². The molecule has 0 bridgehead atoms. The SMILES string of the molecule is Cc1ccc(CN(C)[C@H](N)c2ccc(C)cc2)cc1. The molecule has 0 aromatic heterocycles. The van der Waals surface area contributed by atoms with Gasteiger partial charge in [-0.2, -0.15) is 0 Å². The van der Waals surface area contributed by atoms with Gasteiger partial charge in [0.2, 0.25) is 0 Å². The van der Waals surface area contributed by atoms with Crippen molar-refractivity contribution in [2.45, 2.75) is 26.6 Å². The van der Waals surface area contributed by atoms with E-state index >= 15 is 0 Å². The number of nitrogens with two attached hydrogens (primary N) is 1. The first kappa shape index (κ1) is 13.8. The lowest BCUT2D eigenvalue weighted by atomic mass is 10.1. The minimum Gasteiger partial charge on any atom is -0.312 e. The monoisotopic (exact) mass is 254 g/mol. The van der Waals surface area contributed by atoms with Crippen LogP contribution in [-0.4, -0.2) is 11.9 Å². The van der Waals surface area contributed by atoms with Crippen LogP contribution in [0.25, 0.3) is 0 Å². The highest BCUT2D eigenvalue weighted by Gasteiger charge is 2.12. The molecule has 0 aliphatic carbocycles. The van der Waals surface area contributed by atoms with Crippen LogP contribution in [0.1, 0.15) is 28.4 Å². The highest BCUT2D eigenvalue weighted by molar-refractivity contribution is 5.24. The molecule has 0 unspecified atom stereocenters. The quantitative estimate of drug-likeness (QED) is 0.847. The molecule has 2 aromatic carbocycles. The normalized spacial score (nSPS) is 12.7. The Morgan fingerprint density at radius 2 is 1.37 bits per heavy atom. The Balaban J connectivity index is 2.04. The van der Waals surface area contributed by atoms with Gasteiger partial charge in [-0.05, 0) is 32.0 Å². The Hall–Kier alpha value is -1.64. The zero-order chi connectivity index (χ0) is 13.8. The molecule has 0 fully saturated rings. The van der Waals surface area contributed by atoms with E-state index in [4.69, 9.17) is 5.73 Å². The predicted octanol–water partition coefficient (Wildman–Crippen LogP) is 3.39. The van der Waals surface area contributed by atoms with Crippen molar-refractivity contribution in [2.24, 2.45) is 5.73 Å². The third-order valence-electron chi connectivity index (χ3n) is 3.45. The lowest BCUT2D eigenvalue weighted by Crippen LogP contribution is -2.30. The van der Waals surface area contributed by atoms with Crippen LogP contribution in [0, 0.1) is 13.8 Å². The summed E-state index contributed by atoms with van der Waals surface area (Å²) in [5.74, 6) is 0. The highest BCUT2D eigenvalue weighted by atomic mass is 15.2. The van der Waals surface area contributed by atoms with Crippen LogP contribution in [0.4, 0.5) is 0 Å². The summed E-state index contributed by atoms with van der Waals surface area (Å²) in [6.45, 7) is 5.05. The van der Waals surface area contributed by atoms with Gasteiger partial charge in [0, 0.05) is 6.54 Å². The van der Waals surface area contributed by atoms with Gasteiger partial charge in [-0.1, -0.05) is 59.7 Å². The second-order valence-electron chi connectivity index (χ2n) is 5.26. The molecule has 19 heavy (non-hydrogen) atoms. The number of rotatable bonds is 4. The Morgan fingerprint density at radius 3 is 1.89 bits per heavy atom. The van der Waals surface area contributed by atoms with Crippen molar-refractivity contribution >= 4 is 0 Å². The lowest BCUT2D eigenvalue weighted by Gasteiger charge is -2.25. The van der Waals surface area contributed by atoms with E-state index in [9.17, 15) is 0 Å². The maximum Gasteiger partial charge on any atom is 0.0835 e. The van der Waals surface area contributed by atoms with E-state index < -0.39 is 0 Å². The summed E-state index contributed by atoms with van der Waals surface area (Å²) in [6, 6.07) is 17.0. The average molecular weight is 254 g/mol. The molecule has 100 valence electrons. The fourth-order valence-corrected chi connectivity index (χ4v) is 2.10. The fourth-order valence-electron chi connectivity index (χ4n) is 2.10. The van der Waals surface area contributed by atoms with Crippen LogP contribution in [-0.2, 0) is 6.54 Å². The van der Waals surface area contributed by atoms with Crippen molar-refractivity contribution in [1.29, 1.82) is 0 Å². The largest absolute Gasteiger partial charge is 0.312 e. The van der Waals surface area contributed by atoms with Crippen molar-refractivity contribution in [2.75, 3.05) is 7.05 Å². The van der Waals surface area contributed by atoms with Crippen molar-refractivity contribution < 1.29 is 0 Å². The Morgan fingerprint density at radius 1 is 0.895 bits per heavy atom. The van der Waals surface area contributed by atoms with Crippen molar-refractivity contribution in [3.63, 3.8) is 0 Å². The molecule has 0 saturated carbocycles. The maximum absolute atomic E-state index is 6.29. The molecular formula is C17H22N2. The third-order valence-corrected chi connectivity index (χ3v) is 3.45. The van der Waals surface area contributed by atoms with E-state index in [-0.39, 0.29) is 6.17 Å². The predicted molar refractivity (Wildman–Crippen MR) is 80.8 cm³/mol. The first-order valence-electron chi connectivity index (χ1n) is 6.64. The second kappa shape index (κ2) is 6.00. The average Bonchev–Trinajstić information content (AvgIpc) is 2.41. The standard InChI is InChI=1S/C17H22N2/c1-13-4-8-15(9-5-13)12-19(3)17(18)16-10-6-14(2)7-11-16/h4-11,17H,12,18H2,1-3H3/t17-/m0/s1. The van der Waals surface area contributed by atoms with E-state index in [0.717, 1.165) is 12.1 Å². The molecule has 0 spiro atoms. The van der Waals surface area contributed by atoms with Gasteiger partial charge in [0.1, 0.15) is 0 Å². The molecule has 2 N–H and O–H groups in total. The molecule has 0 amide bonds. The van der Waals surface area contributed by atoms with Crippen LogP contribution in [0.15, 0.2) is 48.5 Å². The van der Waals surface area contributed by atoms with E-state index in [1.54, 1.807) is 0 Å². The minimum atomic E-state index is -0.0677. The van der Waals surface area contributed by atoms with E-state index in [1.165, 1.54) is 16.7 Å². The Kier molecular flexibility index (Phi) is 4.35. The molecule has 0 saturated heterocycles. The summed E-state index contributed by atoms with van der Waals surface area (Å²) in [6.07, 6.45) is -0.0677. The van der Waals surface area contributed by atoms with Gasteiger partial charge in [0.15, 0.2) is 0 Å². The van der Waals surface area contributed by atoms with Gasteiger partial charge in [-0.3, -0.25) is 4.90 Å². The zero-order valence-corrected chi connectivity index (χ0v) is 11.9. The number of benzene rings is 2. The minimum absolute atomic E-state index is 0.0677. The summed E-state index contributed by atoms with van der Waals surface area (Å²) in [7, 11) is 2.06. The summed E-state index contributed by atoms with van der Waals surface area (Å²) < 4.78 is 0. The fraction of sp³-hybridized carbons (Fsp3) is 0.294. The van der Waals surface area contributed by atoms with Gasteiger partial charge in [0.25, 0.3) is 0 Å². The molecule has 0 aliphatic heterocycles. The molecule has 2 nitrogen and oxygen atoms in total. The first-order valence-corrected chi connectivity index (χ1v) is 6.64. The Bertz CT molecular complexity index is 514. The van der Waals surface area contributed by atoms with Crippen LogP contribution in [0.3, 0.4) is 0 Å².